The molecule has 2 heteroatoms. The van der Waals surface area contributed by atoms with Gasteiger partial charge >= 0.3 is 0 Å². The molecule has 1 fully saturated rings. The lowest BCUT2D eigenvalue weighted by Crippen LogP contribution is -2.29. The molecule has 2 aromatic carbocycles. The van der Waals surface area contributed by atoms with Crippen molar-refractivity contribution in [1.82, 2.24) is 4.90 Å². The zero-order chi connectivity index (χ0) is 19.2. The minimum Gasteiger partial charge on any atom is -0.367 e. The molecule has 0 bridgehead atoms. The maximum atomic E-state index is 6.64. The van der Waals surface area contributed by atoms with Crippen LogP contribution in [0.4, 0.5) is 0 Å². The lowest BCUT2D eigenvalue weighted by Gasteiger charge is -2.27. The summed E-state index contributed by atoms with van der Waals surface area (Å²) in [6.07, 6.45) is 5.43. The quantitative estimate of drug-likeness (QED) is 0.632. The summed E-state index contributed by atoms with van der Waals surface area (Å²) < 4.78 is 6.64. The van der Waals surface area contributed by atoms with Gasteiger partial charge in [-0.3, -0.25) is 0 Å². The van der Waals surface area contributed by atoms with E-state index in [-0.39, 0.29) is 6.10 Å². The van der Waals surface area contributed by atoms with Gasteiger partial charge < -0.3 is 9.64 Å². The van der Waals surface area contributed by atoms with Gasteiger partial charge in [0.15, 0.2) is 0 Å². The summed E-state index contributed by atoms with van der Waals surface area (Å²) in [7, 11) is 0. The van der Waals surface area contributed by atoms with Gasteiger partial charge in [-0.2, -0.15) is 0 Å². The number of hydrogen-bond donors (Lipinski definition) is 0. The lowest BCUT2D eigenvalue weighted by molar-refractivity contribution is 0.0592. The Kier molecular flexibility index (Phi) is 7.09. The highest BCUT2D eigenvalue weighted by Crippen LogP contribution is 2.34. The standard InChI is InChI=1S/C25H35NO/c1-19-11-9-12-20(2)23(19)25(24-21(3)13-10-14-22(24)4)27-18-17-26-15-7-5-6-8-16-26/h9-14,25H,5-8,15-18H2,1-4H3. The largest absolute Gasteiger partial charge is 0.367 e. The molecule has 1 aliphatic rings. The molecule has 1 aliphatic heterocycles. The third-order valence-electron chi connectivity index (χ3n) is 6.00. The van der Waals surface area contributed by atoms with Gasteiger partial charge in [-0.15, -0.1) is 0 Å². The monoisotopic (exact) mass is 365 g/mol. The topological polar surface area (TPSA) is 12.5 Å². The summed E-state index contributed by atoms with van der Waals surface area (Å²) in [5.41, 5.74) is 7.95. The summed E-state index contributed by atoms with van der Waals surface area (Å²) in [4.78, 5) is 2.58. The molecule has 0 atom stereocenters. The van der Waals surface area contributed by atoms with Crippen LogP contribution in [0, 0.1) is 27.7 Å². The first-order chi connectivity index (χ1) is 13.1. The molecular weight excluding hydrogens is 330 g/mol. The van der Waals surface area contributed by atoms with E-state index in [1.165, 1.54) is 72.2 Å². The van der Waals surface area contributed by atoms with Crippen LogP contribution >= 0.6 is 0 Å². The summed E-state index contributed by atoms with van der Waals surface area (Å²) in [6, 6.07) is 13.1. The predicted octanol–water partition coefficient (Wildman–Crippen LogP) is 5.90. The van der Waals surface area contributed by atoms with Crippen LogP contribution < -0.4 is 0 Å². The molecule has 0 amide bonds. The molecule has 0 unspecified atom stereocenters. The molecule has 3 rings (SSSR count). The van der Waals surface area contributed by atoms with E-state index in [9.17, 15) is 0 Å². The Morgan fingerprint density at radius 3 is 1.63 bits per heavy atom. The second-order valence-electron chi connectivity index (χ2n) is 8.12. The van der Waals surface area contributed by atoms with Gasteiger partial charge in [0.1, 0.15) is 6.10 Å². The average Bonchev–Trinajstić information content (AvgIpc) is 2.90. The van der Waals surface area contributed by atoms with Crippen LogP contribution in [0.15, 0.2) is 36.4 Å². The van der Waals surface area contributed by atoms with Crippen LogP contribution in [0.3, 0.4) is 0 Å². The minimum absolute atomic E-state index is 0.0133. The van der Waals surface area contributed by atoms with Gasteiger partial charge in [-0.25, -0.2) is 0 Å². The molecule has 0 saturated carbocycles. The molecular formula is C25H35NO. The Morgan fingerprint density at radius 2 is 1.19 bits per heavy atom. The van der Waals surface area contributed by atoms with Crippen molar-refractivity contribution < 1.29 is 4.74 Å². The van der Waals surface area contributed by atoms with Crippen LogP contribution in [-0.4, -0.2) is 31.1 Å². The third kappa shape index (κ3) is 5.00. The van der Waals surface area contributed by atoms with E-state index in [4.69, 9.17) is 4.74 Å². The smallest absolute Gasteiger partial charge is 0.109 e. The molecule has 0 aliphatic carbocycles. The van der Waals surface area contributed by atoms with E-state index in [1.54, 1.807) is 0 Å². The first kappa shape index (κ1) is 20.1. The maximum Gasteiger partial charge on any atom is 0.109 e. The second-order valence-corrected chi connectivity index (χ2v) is 8.12. The van der Waals surface area contributed by atoms with Gasteiger partial charge in [0, 0.05) is 6.54 Å². The number of aryl methyl sites for hydroxylation is 4. The van der Waals surface area contributed by atoms with Gasteiger partial charge in [0.05, 0.1) is 6.61 Å². The first-order valence-electron chi connectivity index (χ1n) is 10.5. The zero-order valence-electron chi connectivity index (χ0n) is 17.6. The van der Waals surface area contributed by atoms with Crippen molar-refractivity contribution in [2.45, 2.75) is 59.5 Å². The molecule has 0 radical (unpaired) electrons. The molecule has 1 saturated heterocycles. The van der Waals surface area contributed by atoms with Crippen LogP contribution in [0.2, 0.25) is 0 Å². The van der Waals surface area contributed by atoms with Crippen molar-refractivity contribution in [3.05, 3.63) is 69.8 Å². The van der Waals surface area contributed by atoms with Crippen molar-refractivity contribution in [2.24, 2.45) is 0 Å². The van der Waals surface area contributed by atoms with E-state index in [1.807, 2.05) is 0 Å². The van der Waals surface area contributed by atoms with Crippen molar-refractivity contribution in [2.75, 3.05) is 26.2 Å². The second kappa shape index (κ2) is 9.52. The first-order valence-corrected chi connectivity index (χ1v) is 10.5. The molecule has 0 N–H and O–H groups in total. The highest BCUT2D eigenvalue weighted by molar-refractivity contribution is 5.46. The summed E-state index contributed by atoms with van der Waals surface area (Å²) in [6.45, 7) is 13.1. The SMILES string of the molecule is Cc1cccc(C)c1C(OCCN1CCCCCC1)c1c(C)cccc1C. The summed E-state index contributed by atoms with van der Waals surface area (Å²) in [5.74, 6) is 0. The molecule has 2 aromatic rings. The normalized spacial score (nSPS) is 15.9. The van der Waals surface area contributed by atoms with Crippen molar-refractivity contribution in [3.8, 4) is 0 Å². The van der Waals surface area contributed by atoms with Crippen LogP contribution in [0.5, 0.6) is 0 Å². The Labute approximate surface area is 165 Å². The Morgan fingerprint density at radius 1 is 0.741 bits per heavy atom. The van der Waals surface area contributed by atoms with Gasteiger partial charge in [0.25, 0.3) is 0 Å². The van der Waals surface area contributed by atoms with Gasteiger partial charge in [0.2, 0.25) is 0 Å². The van der Waals surface area contributed by atoms with Crippen molar-refractivity contribution in [1.29, 1.82) is 0 Å². The predicted molar refractivity (Wildman–Crippen MR) is 115 cm³/mol. The highest BCUT2D eigenvalue weighted by atomic mass is 16.5. The summed E-state index contributed by atoms with van der Waals surface area (Å²) in [5, 5.41) is 0. The van der Waals surface area contributed by atoms with Gasteiger partial charge in [-0.05, 0) is 87.0 Å². The number of benzene rings is 2. The zero-order valence-corrected chi connectivity index (χ0v) is 17.6. The average molecular weight is 366 g/mol. The van der Waals surface area contributed by atoms with E-state index in [2.05, 4.69) is 69.0 Å². The van der Waals surface area contributed by atoms with E-state index < -0.39 is 0 Å². The minimum atomic E-state index is 0.0133. The maximum absolute atomic E-state index is 6.64. The van der Waals surface area contributed by atoms with E-state index in [0.29, 0.717) is 0 Å². The van der Waals surface area contributed by atoms with Crippen molar-refractivity contribution >= 4 is 0 Å². The molecule has 1 heterocycles. The van der Waals surface area contributed by atoms with Crippen LogP contribution in [-0.2, 0) is 4.74 Å². The number of hydrogen-bond acceptors (Lipinski definition) is 2. The van der Waals surface area contributed by atoms with Gasteiger partial charge in [-0.1, -0.05) is 49.2 Å². The van der Waals surface area contributed by atoms with E-state index >= 15 is 0 Å². The molecule has 146 valence electrons. The fourth-order valence-electron chi connectivity index (χ4n) is 4.45. The third-order valence-corrected chi connectivity index (χ3v) is 6.00. The van der Waals surface area contributed by atoms with E-state index in [0.717, 1.165) is 13.2 Å². The lowest BCUT2D eigenvalue weighted by atomic mass is 9.89. The fourth-order valence-corrected chi connectivity index (χ4v) is 4.45. The highest BCUT2D eigenvalue weighted by Gasteiger charge is 2.22. The Balaban J connectivity index is 1.84. The molecule has 0 spiro atoms. The molecule has 27 heavy (non-hydrogen) atoms. The number of ether oxygens (including phenoxy) is 1. The Hall–Kier alpha value is -1.64. The molecule has 0 aromatic heterocycles. The summed E-state index contributed by atoms with van der Waals surface area (Å²) >= 11 is 0. The van der Waals surface area contributed by atoms with Crippen LogP contribution in [0.1, 0.15) is 65.2 Å². The van der Waals surface area contributed by atoms with Crippen molar-refractivity contribution in [3.63, 3.8) is 0 Å². The number of likely N-dealkylation sites (tertiary alicyclic amines) is 1. The Bertz CT molecular complexity index is 652. The number of rotatable bonds is 6. The number of nitrogens with zero attached hydrogens (tertiary/aromatic N) is 1. The molecule has 2 nitrogen and oxygen atoms in total. The van der Waals surface area contributed by atoms with Crippen LogP contribution in [0.25, 0.3) is 0 Å². The fraction of sp³-hybridized carbons (Fsp3) is 0.520.